The van der Waals surface area contributed by atoms with E-state index in [0.717, 1.165) is 0 Å². The van der Waals surface area contributed by atoms with E-state index in [0.29, 0.717) is 16.8 Å². The highest BCUT2D eigenvalue weighted by Gasteiger charge is 2.48. The Morgan fingerprint density at radius 3 is 2.40 bits per heavy atom. The Kier molecular flexibility index (Phi) is 9.94. The van der Waals surface area contributed by atoms with Crippen LogP contribution >= 0.6 is 0 Å². The van der Waals surface area contributed by atoms with Crippen LogP contribution in [0, 0.1) is 0 Å². The molecule has 1 saturated heterocycles. The van der Waals surface area contributed by atoms with Gasteiger partial charge in [0.1, 0.15) is 60.7 Å². The standard InChI is InChI=1S/C27H30N2O16/c30-9-18-23(45-20(34)8-19(32)33)21(35)22(36)27(44-18)43-17-6-11-5-15(26(41)42)29(14(11)7-16(17)31)2-1-10-3-12(24(37)38)28-13(4-10)25(39)40/h1,3,6-7,13,15,18,21-23,27-28,30-31,35-36H,2,4-5,8-9H2,(H,32,33)(H,37,38)(H,39,40)(H,41,42)/t13-,15-,18+,21+,22+,23+,27+/m0/s1. The van der Waals surface area contributed by atoms with E-state index in [2.05, 4.69) is 5.32 Å². The van der Waals surface area contributed by atoms with Gasteiger partial charge in [-0.05, 0) is 23.8 Å². The van der Waals surface area contributed by atoms with Crippen molar-refractivity contribution in [3.8, 4) is 11.5 Å². The van der Waals surface area contributed by atoms with Gasteiger partial charge < -0.3 is 65.2 Å². The zero-order valence-corrected chi connectivity index (χ0v) is 23.2. The molecular formula is C27H30N2O16. The second-order valence-electron chi connectivity index (χ2n) is 10.5. The molecule has 0 aromatic heterocycles. The minimum atomic E-state index is -1.92. The lowest BCUT2D eigenvalue weighted by atomic mass is 9.99. The second-order valence-corrected chi connectivity index (χ2v) is 10.5. The molecule has 45 heavy (non-hydrogen) atoms. The third-order valence-electron chi connectivity index (χ3n) is 7.50. The number of carboxylic acid groups (broad SMARTS) is 4. The van der Waals surface area contributed by atoms with Gasteiger partial charge in [0.15, 0.2) is 17.6 Å². The van der Waals surface area contributed by atoms with Gasteiger partial charge in [-0.3, -0.25) is 14.5 Å². The number of allylic oxidation sites excluding steroid dienone is 1. The molecule has 18 heteroatoms. The molecule has 1 aromatic carbocycles. The van der Waals surface area contributed by atoms with Gasteiger partial charge >= 0.3 is 23.9 Å². The molecule has 0 spiro atoms. The zero-order valence-electron chi connectivity index (χ0n) is 23.2. The summed E-state index contributed by atoms with van der Waals surface area (Å²) in [6.45, 7) is -0.911. The van der Waals surface area contributed by atoms with Crippen LogP contribution in [-0.2, 0) is 39.9 Å². The predicted molar refractivity (Wildman–Crippen MR) is 140 cm³/mol. The Balaban J connectivity index is 1.55. The molecule has 1 fully saturated rings. The lowest BCUT2D eigenvalue weighted by molar-refractivity contribution is -0.840. The van der Waals surface area contributed by atoms with Crippen molar-refractivity contribution in [3.63, 3.8) is 0 Å². The number of ether oxygens (including phenoxy) is 3. The fourth-order valence-electron chi connectivity index (χ4n) is 5.34. The first kappa shape index (κ1) is 33.1. The fraction of sp³-hybridized carbons (Fsp3) is 0.444. The minimum Gasteiger partial charge on any atom is -0.544 e. The number of hydrogen-bond donors (Lipinski definition) is 9. The molecule has 8 atom stereocenters. The number of carbonyl (C=O) groups excluding carboxylic acids is 2. The number of carbonyl (C=O) groups is 5. The number of nitrogens with one attached hydrogen (secondary N) is 2. The zero-order chi connectivity index (χ0) is 33.2. The average Bonchev–Trinajstić information content (AvgIpc) is 3.32. The summed E-state index contributed by atoms with van der Waals surface area (Å²) >= 11 is 0. The van der Waals surface area contributed by atoms with Crippen LogP contribution in [0.5, 0.6) is 11.5 Å². The number of esters is 1. The Morgan fingerprint density at radius 2 is 1.80 bits per heavy atom. The van der Waals surface area contributed by atoms with Crippen molar-refractivity contribution in [2.24, 2.45) is 0 Å². The van der Waals surface area contributed by atoms with Crippen molar-refractivity contribution in [1.82, 2.24) is 5.32 Å². The van der Waals surface area contributed by atoms with Crippen LogP contribution in [0.15, 0.2) is 35.6 Å². The summed E-state index contributed by atoms with van der Waals surface area (Å²) in [5.74, 6) is -7.73. The van der Waals surface area contributed by atoms with E-state index in [4.69, 9.17) is 19.3 Å². The van der Waals surface area contributed by atoms with Crippen LogP contribution in [0.3, 0.4) is 0 Å². The molecule has 0 amide bonds. The number of hydrogen-bond acceptors (Lipinski definition) is 14. The Morgan fingerprint density at radius 1 is 1.09 bits per heavy atom. The van der Waals surface area contributed by atoms with Gasteiger partial charge in [-0.15, -0.1) is 0 Å². The molecule has 0 radical (unpaired) electrons. The van der Waals surface area contributed by atoms with Crippen molar-refractivity contribution < 1.29 is 83.9 Å². The molecule has 1 aromatic rings. The molecule has 18 nitrogen and oxygen atoms in total. The van der Waals surface area contributed by atoms with E-state index in [9.17, 15) is 59.7 Å². The number of aliphatic carboxylic acids is 4. The number of phenolic OH excluding ortho intramolecular Hbond substituents is 1. The predicted octanol–water partition coefficient (Wildman–Crippen LogP) is -4.87. The van der Waals surface area contributed by atoms with Gasteiger partial charge in [-0.2, -0.15) is 0 Å². The highest BCUT2D eigenvalue weighted by molar-refractivity contribution is 5.90. The van der Waals surface area contributed by atoms with E-state index < -0.39 is 91.4 Å². The average molecular weight is 639 g/mol. The van der Waals surface area contributed by atoms with E-state index in [1.165, 1.54) is 24.3 Å². The van der Waals surface area contributed by atoms with Gasteiger partial charge in [0.05, 0.1) is 6.61 Å². The maximum absolute atomic E-state index is 12.0. The van der Waals surface area contributed by atoms with E-state index in [-0.39, 0.29) is 35.7 Å². The van der Waals surface area contributed by atoms with Gasteiger partial charge in [0.2, 0.25) is 6.29 Å². The number of carboxylic acids is 4. The first-order chi connectivity index (χ1) is 21.2. The van der Waals surface area contributed by atoms with E-state index >= 15 is 0 Å². The molecule has 1 unspecified atom stereocenters. The molecule has 0 bridgehead atoms. The molecule has 3 aliphatic rings. The molecule has 0 saturated carbocycles. The summed E-state index contributed by atoms with van der Waals surface area (Å²) in [4.78, 5) is 57.8. The normalized spacial score (nSPS) is 30.0. The van der Waals surface area contributed by atoms with E-state index in [1.807, 2.05) is 0 Å². The number of aliphatic hydroxyl groups is 3. The number of phenols is 1. The maximum atomic E-state index is 12.0. The third kappa shape index (κ3) is 7.32. The Bertz CT molecular complexity index is 1440. The SMILES string of the molecule is O=C(O)CC(=O)O[C@H]1[C@H](O)[C@@H](O)[C@H](Oc2cc3c(cc2O)[NH+](CC=C2C=C(C(=O)O)N[C@H](C(=O)O)C2)[C@H](C(=O)[O-])C3)O[C@@H]1CO. The summed E-state index contributed by atoms with van der Waals surface area (Å²) in [5.41, 5.74) is 0.651. The van der Waals surface area contributed by atoms with Gasteiger partial charge in [0.25, 0.3) is 0 Å². The molecule has 244 valence electrons. The highest BCUT2D eigenvalue weighted by atomic mass is 16.7. The third-order valence-corrected chi connectivity index (χ3v) is 7.50. The molecule has 4 rings (SSSR count). The van der Waals surface area contributed by atoms with Crippen LogP contribution in [0.4, 0.5) is 5.69 Å². The number of rotatable bonds is 11. The van der Waals surface area contributed by atoms with Crippen molar-refractivity contribution in [2.75, 3.05) is 13.2 Å². The molecule has 3 heterocycles. The van der Waals surface area contributed by atoms with Crippen LogP contribution in [0.25, 0.3) is 0 Å². The molecule has 0 aliphatic carbocycles. The number of aliphatic hydroxyl groups excluding tert-OH is 3. The van der Waals surface area contributed by atoms with Crippen molar-refractivity contribution >= 4 is 35.5 Å². The Labute approximate surface area is 253 Å². The first-order valence-electron chi connectivity index (χ1n) is 13.5. The van der Waals surface area contributed by atoms with Crippen molar-refractivity contribution in [1.29, 1.82) is 0 Å². The Hall–Kier alpha value is -4.75. The topological polar surface area (TPSA) is 294 Å². The molecule has 3 aliphatic heterocycles. The maximum Gasteiger partial charge on any atom is 0.351 e. The summed E-state index contributed by atoms with van der Waals surface area (Å²) in [5, 5.41) is 83.4. The highest BCUT2D eigenvalue weighted by Crippen LogP contribution is 2.36. The minimum absolute atomic E-state index is 0.0623. The number of quaternary nitrogens is 1. The second kappa shape index (κ2) is 13.5. The number of benzene rings is 1. The summed E-state index contributed by atoms with van der Waals surface area (Å²) in [6.07, 6.45) is -7.20. The molecule has 9 N–H and O–H groups in total. The lowest BCUT2D eigenvalue weighted by Gasteiger charge is -2.41. The van der Waals surface area contributed by atoms with Gasteiger partial charge in [-0.1, -0.05) is 0 Å². The lowest BCUT2D eigenvalue weighted by Crippen LogP contribution is -3.11. The largest absolute Gasteiger partial charge is 0.544 e. The van der Waals surface area contributed by atoms with Crippen molar-refractivity contribution in [2.45, 2.75) is 62.1 Å². The summed E-state index contributed by atoms with van der Waals surface area (Å²) in [6, 6.07) is 0.0598. The molecular weight excluding hydrogens is 608 g/mol. The summed E-state index contributed by atoms with van der Waals surface area (Å²) < 4.78 is 15.8. The smallest absolute Gasteiger partial charge is 0.351 e. The number of fused-ring (bicyclic) bond motifs is 1. The van der Waals surface area contributed by atoms with Gasteiger partial charge in [0, 0.05) is 24.5 Å². The summed E-state index contributed by atoms with van der Waals surface area (Å²) in [7, 11) is 0. The number of aromatic hydroxyl groups is 1. The van der Waals surface area contributed by atoms with Crippen molar-refractivity contribution in [3.05, 3.63) is 41.1 Å². The van der Waals surface area contributed by atoms with Crippen LogP contribution in [0.1, 0.15) is 18.4 Å². The fourth-order valence-corrected chi connectivity index (χ4v) is 5.34. The van der Waals surface area contributed by atoms with E-state index in [1.54, 1.807) is 0 Å². The van der Waals surface area contributed by atoms with Crippen LogP contribution in [-0.4, -0.2) is 122 Å². The van der Waals surface area contributed by atoms with Crippen LogP contribution in [0.2, 0.25) is 0 Å². The van der Waals surface area contributed by atoms with Gasteiger partial charge in [-0.25, -0.2) is 9.59 Å². The van der Waals surface area contributed by atoms with Crippen LogP contribution < -0.4 is 20.1 Å². The first-order valence-corrected chi connectivity index (χ1v) is 13.5. The monoisotopic (exact) mass is 638 g/mol. The quantitative estimate of drug-likeness (QED) is 0.0811.